The lowest BCUT2D eigenvalue weighted by molar-refractivity contribution is -0.114. The highest BCUT2D eigenvalue weighted by Crippen LogP contribution is 2.09. The predicted octanol–water partition coefficient (Wildman–Crippen LogP) is 2.29. The molecule has 1 aromatic carbocycles. The molecule has 0 aliphatic heterocycles. The number of anilines is 1. The van der Waals surface area contributed by atoms with Crippen LogP contribution in [0.3, 0.4) is 0 Å². The van der Waals surface area contributed by atoms with Gasteiger partial charge in [0.25, 0.3) is 0 Å². The Hall–Kier alpha value is -1.51. The van der Waals surface area contributed by atoms with E-state index in [1.54, 1.807) is 0 Å². The smallest absolute Gasteiger partial charge is 0.221 e. The SMILES string of the molecule is CC(=O)Nc1ccc(CCN=C=S)cc1. The molecular formula is C11H12N2OS. The molecule has 3 nitrogen and oxygen atoms in total. The molecule has 1 amide bonds. The molecule has 0 aliphatic rings. The van der Waals surface area contributed by atoms with E-state index in [2.05, 4.69) is 27.7 Å². The topological polar surface area (TPSA) is 41.5 Å². The second-order valence-corrected chi connectivity index (χ2v) is 3.28. The highest BCUT2D eigenvalue weighted by molar-refractivity contribution is 7.78. The first-order chi connectivity index (χ1) is 7.22. The van der Waals surface area contributed by atoms with Crippen molar-refractivity contribution in [1.82, 2.24) is 0 Å². The Morgan fingerprint density at radius 3 is 2.67 bits per heavy atom. The molecule has 0 saturated heterocycles. The van der Waals surface area contributed by atoms with Gasteiger partial charge in [-0.15, -0.1) is 0 Å². The van der Waals surface area contributed by atoms with Gasteiger partial charge in [0.1, 0.15) is 0 Å². The molecule has 4 heteroatoms. The number of nitrogens with zero attached hydrogens (tertiary/aromatic N) is 1. The Morgan fingerprint density at radius 1 is 1.47 bits per heavy atom. The van der Waals surface area contributed by atoms with Crippen molar-refractivity contribution in [1.29, 1.82) is 0 Å². The molecule has 0 aliphatic carbocycles. The zero-order valence-electron chi connectivity index (χ0n) is 8.49. The van der Waals surface area contributed by atoms with Gasteiger partial charge in [0.2, 0.25) is 5.91 Å². The molecule has 78 valence electrons. The molecular weight excluding hydrogens is 208 g/mol. The molecule has 0 bridgehead atoms. The van der Waals surface area contributed by atoms with Crippen LogP contribution >= 0.6 is 12.2 Å². The van der Waals surface area contributed by atoms with Crippen molar-refractivity contribution < 1.29 is 4.79 Å². The summed E-state index contributed by atoms with van der Waals surface area (Å²) < 4.78 is 0. The third-order valence-corrected chi connectivity index (χ3v) is 1.98. The first-order valence-electron chi connectivity index (χ1n) is 4.62. The molecule has 15 heavy (non-hydrogen) atoms. The minimum atomic E-state index is -0.0620. The summed E-state index contributed by atoms with van der Waals surface area (Å²) in [6.45, 7) is 2.14. The van der Waals surface area contributed by atoms with Crippen LogP contribution in [0.2, 0.25) is 0 Å². The number of hydrogen-bond donors (Lipinski definition) is 1. The fraction of sp³-hybridized carbons (Fsp3) is 0.273. The number of hydrogen-bond acceptors (Lipinski definition) is 3. The number of nitrogens with one attached hydrogen (secondary N) is 1. The van der Waals surface area contributed by atoms with E-state index in [1.165, 1.54) is 6.92 Å². The van der Waals surface area contributed by atoms with Crippen molar-refractivity contribution in [2.24, 2.45) is 4.99 Å². The molecule has 0 unspecified atom stereocenters. The van der Waals surface area contributed by atoms with E-state index in [0.29, 0.717) is 6.54 Å². The summed E-state index contributed by atoms with van der Waals surface area (Å²) in [5, 5.41) is 5.03. The van der Waals surface area contributed by atoms with Gasteiger partial charge in [-0.1, -0.05) is 12.1 Å². The van der Waals surface area contributed by atoms with Crippen LogP contribution in [0.5, 0.6) is 0 Å². The Balaban J connectivity index is 2.55. The normalized spacial score (nSPS) is 9.13. The molecule has 0 radical (unpaired) electrons. The van der Waals surface area contributed by atoms with E-state index in [4.69, 9.17) is 0 Å². The summed E-state index contributed by atoms with van der Waals surface area (Å²) in [6, 6.07) is 7.67. The molecule has 0 heterocycles. The van der Waals surface area contributed by atoms with Crippen molar-refractivity contribution >= 4 is 29.0 Å². The van der Waals surface area contributed by atoms with Gasteiger partial charge in [0.05, 0.1) is 11.7 Å². The van der Waals surface area contributed by atoms with Gasteiger partial charge in [-0.25, -0.2) is 4.99 Å². The second kappa shape index (κ2) is 6.06. The van der Waals surface area contributed by atoms with Crippen LogP contribution in [0.4, 0.5) is 5.69 Å². The number of rotatable bonds is 4. The van der Waals surface area contributed by atoms with Gasteiger partial charge in [-0.2, -0.15) is 0 Å². The van der Waals surface area contributed by atoms with Crippen LogP contribution in [0, 0.1) is 0 Å². The maximum Gasteiger partial charge on any atom is 0.221 e. The number of amides is 1. The minimum Gasteiger partial charge on any atom is -0.326 e. The molecule has 1 N–H and O–H groups in total. The number of carbonyl (C=O) groups is 1. The van der Waals surface area contributed by atoms with Gasteiger partial charge in [0.15, 0.2) is 0 Å². The third-order valence-electron chi connectivity index (χ3n) is 1.85. The first kappa shape index (κ1) is 11.6. The summed E-state index contributed by atoms with van der Waals surface area (Å²) in [5.41, 5.74) is 1.97. The number of isothiocyanates is 1. The summed E-state index contributed by atoms with van der Waals surface area (Å²) >= 11 is 4.47. The van der Waals surface area contributed by atoms with E-state index in [-0.39, 0.29) is 5.91 Å². The van der Waals surface area contributed by atoms with Gasteiger partial charge >= 0.3 is 0 Å². The Kier molecular flexibility index (Phi) is 4.68. The maximum absolute atomic E-state index is 10.8. The molecule has 0 atom stereocenters. The lowest BCUT2D eigenvalue weighted by Crippen LogP contribution is -2.05. The van der Waals surface area contributed by atoms with Crippen LogP contribution in [0.15, 0.2) is 29.3 Å². The van der Waals surface area contributed by atoms with Crippen molar-refractivity contribution in [3.8, 4) is 0 Å². The second-order valence-electron chi connectivity index (χ2n) is 3.10. The quantitative estimate of drug-likeness (QED) is 0.625. The number of carbonyl (C=O) groups excluding carboxylic acids is 1. The first-order valence-corrected chi connectivity index (χ1v) is 5.03. The van der Waals surface area contributed by atoms with E-state index >= 15 is 0 Å². The van der Waals surface area contributed by atoms with Gasteiger partial charge < -0.3 is 5.32 Å². The van der Waals surface area contributed by atoms with Gasteiger partial charge in [0, 0.05) is 12.6 Å². The Bertz CT molecular complexity index is 380. The summed E-state index contributed by atoms with van der Waals surface area (Å²) in [5.74, 6) is -0.0620. The van der Waals surface area contributed by atoms with Crippen LogP contribution in [-0.2, 0) is 11.2 Å². The average Bonchev–Trinajstić information content (AvgIpc) is 2.20. The highest BCUT2D eigenvalue weighted by Gasteiger charge is 1.95. The van der Waals surface area contributed by atoms with Gasteiger partial charge in [-0.3, -0.25) is 4.79 Å². The van der Waals surface area contributed by atoms with E-state index in [9.17, 15) is 4.79 Å². The summed E-state index contributed by atoms with van der Waals surface area (Å²) in [6.07, 6.45) is 0.837. The number of thiocarbonyl (C=S) groups is 1. The average molecular weight is 220 g/mol. The lowest BCUT2D eigenvalue weighted by atomic mass is 10.1. The van der Waals surface area contributed by atoms with E-state index in [1.807, 2.05) is 24.3 Å². The van der Waals surface area contributed by atoms with E-state index in [0.717, 1.165) is 17.7 Å². The summed E-state index contributed by atoms with van der Waals surface area (Å²) in [4.78, 5) is 14.6. The van der Waals surface area contributed by atoms with Crippen LogP contribution in [0.25, 0.3) is 0 Å². The molecule has 1 rings (SSSR count). The van der Waals surface area contributed by atoms with Crippen molar-refractivity contribution in [2.45, 2.75) is 13.3 Å². The van der Waals surface area contributed by atoms with Crippen LogP contribution < -0.4 is 5.32 Å². The molecule has 0 fully saturated rings. The molecule has 0 aromatic heterocycles. The predicted molar refractivity (Wildman–Crippen MR) is 64.3 cm³/mol. The zero-order chi connectivity index (χ0) is 11.1. The van der Waals surface area contributed by atoms with Crippen LogP contribution in [-0.4, -0.2) is 17.6 Å². The van der Waals surface area contributed by atoms with Crippen molar-refractivity contribution in [2.75, 3.05) is 11.9 Å². The third kappa shape index (κ3) is 4.49. The lowest BCUT2D eigenvalue weighted by Gasteiger charge is -2.02. The van der Waals surface area contributed by atoms with Crippen molar-refractivity contribution in [3.63, 3.8) is 0 Å². The summed E-state index contributed by atoms with van der Waals surface area (Å²) in [7, 11) is 0. The molecule has 1 aromatic rings. The largest absolute Gasteiger partial charge is 0.326 e. The molecule has 0 spiro atoms. The van der Waals surface area contributed by atoms with Crippen molar-refractivity contribution in [3.05, 3.63) is 29.8 Å². The minimum absolute atomic E-state index is 0.0620. The Morgan fingerprint density at radius 2 is 2.13 bits per heavy atom. The van der Waals surface area contributed by atoms with Gasteiger partial charge in [-0.05, 0) is 36.3 Å². The standard InChI is InChI=1S/C11H12N2OS/c1-9(14)13-11-4-2-10(3-5-11)6-7-12-8-15/h2-5H,6-7H2,1H3,(H,13,14). The monoisotopic (exact) mass is 220 g/mol. The Labute approximate surface area is 94.2 Å². The van der Waals surface area contributed by atoms with E-state index < -0.39 is 0 Å². The fourth-order valence-electron chi connectivity index (χ4n) is 1.19. The number of aliphatic imine (C=N–C) groups is 1. The zero-order valence-corrected chi connectivity index (χ0v) is 9.30. The number of benzene rings is 1. The van der Waals surface area contributed by atoms with Crippen LogP contribution in [0.1, 0.15) is 12.5 Å². The maximum atomic E-state index is 10.8. The fourth-order valence-corrected chi connectivity index (χ4v) is 1.28. The highest BCUT2D eigenvalue weighted by atomic mass is 32.1. The molecule has 0 saturated carbocycles.